The molecule has 1 saturated carbocycles. The van der Waals surface area contributed by atoms with Gasteiger partial charge in [0.2, 0.25) is 0 Å². The third kappa shape index (κ3) is 4.72. The Morgan fingerprint density at radius 3 is 2.76 bits per heavy atom. The zero-order valence-electron chi connectivity index (χ0n) is 13.4. The summed E-state index contributed by atoms with van der Waals surface area (Å²) >= 11 is 0. The van der Waals surface area contributed by atoms with Crippen LogP contribution < -0.4 is 10.1 Å². The molecule has 0 radical (unpaired) electrons. The van der Waals surface area contributed by atoms with Crippen molar-refractivity contribution >= 4 is 0 Å². The van der Waals surface area contributed by atoms with Crippen LogP contribution in [0, 0.1) is 5.92 Å². The van der Waals surface area contributed by atoms with Crippen molar-refractivity contribution in [1.29, 1.82) is 0 Å². The summed E-state index contributed by atoms with van der Waals surface area (Å²) in [5, 5.41) is 3.53. The van der Waals surface area contributed by atoms with E-state index in [1.165, 1.54) is 31.2 Å². The average Bonchev–Trinajstić information content (AvgIpc) is 2.54. The lowest BCUT2D eigenvalue weighted by Crippen LogP contribution is -2.29. The van der Waals surface area contributed by atoms with Crippen molar-refractivity contribution in [3.63, 3.8) is 0 Å². The summed E-state index contributed by atoms with van der Waals surface area (Å²) in [5.41, 5.74) is 1.39. The topological polar surface area (TPSA) is 30.5 Å². The van der Waals surface area contributed by atoms with Gasteiger partial charge in [-0.25, -0.2) is 0 Å². The summed E-state index contributed by atoms with van der Waals surface area (Å²) in [7, 11) is 1.71. The zero-order chi connectivity index (χ0) is 14.9. The third-order valence-electron chi connectivity index (χ3n) is 4.43. The first-order valence-corrected chi connectivity index (χ1v) is 8.28. The first-order chi connectivity index (χ1) is 10.4. The Labute approximate surface area is 129 Å². The predicted molar refractivity (Wildman–Crippen MR) is 87.1 cm³/mol. The zero-order valence-corrected chi connectivity index (χ0v) is 13.4. The molecule has 1 aliphatic carbocycles. The normalized spacial score (nSPS) is 22.2. The molecule has 0 spiro atoms. The number of nitrogens with one attached hydrogen (secondary N) is 1. The van der Waals surface area contributed by atoms with Gasteiger partial charge in [0.15, 0.2) is 0 Å². The molecule has 118 valence electrons. The van der Waals surface area contributed by atoms with Gasteiger partial charge in [-0.3, -0.25) is 0 Å². The Hall–Kier alpha value is -1.06. The summed E-state index contributed by atoms with van der Waals surface area (Å²) in [4.78, 5) is 0. The molecule has 1 N–H and O–H groups in total. The Balaban J connectivity index is 2.09. The van der Waals surface area contributed by atoms with Crippen LogP contribution in [-0.4, -0.2) is 33.4 Å². The average molecular weight is 291 g/mol. The summed E-state index contributed by atoms with van der Waals surface area (Å²) in [5.74, 6) is 2.39. The smallest absolute Gasteiger partial charge is 0.122 e. The van der Waals surface area contributed by atoms with E-state index in [4.69, 9.17) is 9.47 Å². The molecule has 1 fully saturated rings. The van der Waals surface area contributed by atoms with Crippen molar-refractivity contribution in [2.75, 3.05) is 33.4 Å². The molecule has 1 aromatic carbocycles. The number of hydrogen-bond acceptors (Lipinski definition) is 3. The standard InChI is InChI=1S/C18H29NO2/c1-3-19-14-15-8-4-5-9-16(15)17-10-6-7-11-18(17)21-13-12-20-2/h6-7,10-11,15-16,19H,3-5,8-9,12-14H2,1-2H3. The van der Waals surface area contributed by atoms with Crippen molar-refractivity contribution in [3.05, 3.63) is 29.8 Å². The molecule has 3 heteroatoms. The minimum absolute atomic E-state index is 0.622. The molecule has 2 unspecified atom stereocenters. The van der Waals surface area contributed by atoms with Crippen LogP contribution in [0.15, 0.2) is 24.3 Å². The molecule has 0 amide bonds. The largest absolute Gasteiger partial charge is 0.491 e. The second kappa shape index (κ2) is 9.06. The van der Waals surface area contributed by atoms with Gasteiger partial charge in [-0.15, -0.1) is 0 Å². The Bertz CT molecular complexity index is 408. The van der Waals surface area contributed by atoms with Crippen LogP contribution in [0.25, 0.3) is 0 Å². The quantitative estimate of drug-likeness (QED) is 0.742. The highest BCUT2D eigenvalue weighted by Crippen LogP contribution is 2.41. The highest BCUT2D eigenvalue weighted by Gasteiger charge is 2.28. The highest BCUT2D eigenvalue weighted by molar-refractivity contribution is 5.37. The van der Waals surface area contributed by atoms with Gasteiger partial charge in [0, 0.05) is 7.11 Å². The molecule has 2 rings (SSSR count). The maximum absolute atomic E-state index is 5.94. The molecule has 2 atom stereocenters. The number of para-hydroxylation sites is 1. The lowest BCUT2D eigenvalue weighted by molar-refractivity contribution is 0.144. The van der Waals surface area contributed by atoms with Gasteiger partial charge >= 0.3 is 0 Å². The number of benzene rings is 1. The van der Waals surface area contributed by atoms with Gasteiger partial charge < -0.3 is 14.8 Å². The van der Waals surface area contributed by atoms with E-state index in [0.717, 1.165) is 24.8 Å². The maximum Gasteiger partial charge on any atom is 0.122 e. The summed E-state index contributed by atoms with van der Waals surface area (Å²) in [6, 6.07) is 8.55. The number of rotatable bonds is 8. The SMILES string of the molecule is CCNCC1CCCCC1c1ccccc1OCCOC. The second-order valence-electron chi connectivity index (χ2n) is 5.84. The van der Waals surface area contributed by atoms with Crippen molar-refractivity contribution < 1.29 is 9.47 Å². The van der Waals surface area contributed by atoms with Crippen molar-refractivity contribution in [2.45, 2.75) is 38.5 Å². The fourth-order valence-corrected chi connectivity index (χ4v) is 3.34. The lowest BCUT2D eigenvalue weighted by Gasteiger charge is -2.33. The third-order valence-corrected chi connectivity index (χ3v) is 4.43. The molecular weight excluding hydrogens is 262 g/mol. The van der Waals surface area contributed by atoms with E-state index in [2.05, 4.69) is 36.5 Å². The Morgan fingerprint density at radius 2 is 1.95 bits per heavy atom. The molecule has 0 saturated heterocycles. The molecule has 0 bridgehead atoms. The maximum atomic E-state index is 5.94. The van der Waals surface area contributed by atoms with Crippen LogP contribution in [0.5, 0.6) is 5.75 Å². The van der Waals surface area contributed by atoms with E-state index in [1.54, 1.807) is 7.11 Å². The van der Waals surface area contributed by atoms with E-state index >= 15 is 0 Å². The minimum atomic E-state index is 0.622. The van der Waals surface area contributed by atoms with Gasteiger partial charge in [-0.1, -0.05) is 38.0 Å². The fraction of sp³-hybridized carbons (Fsp3) is 0.667. The summed E-state index contributed by atoms with van der Waals surface area (Å²) in [6.07, 6.45) is 5.30. The van der Waals surface area contributed by atoms with Crippen molar-refractivity contribution in [2.24, 2.45) is 5.92 Å². The van der Waals surface area contributed by atoms with E-state index in [-0.39, 0.29) is 0 Å². The van der Waals surface area contributed by atoms with Crippen LogP contribution >= 0.6 is 0 Å². The molecule has 1 aromatic rings. The van der Waals surface area contributed by atoms with Crippen LogP contribution in [0.2, 0.25) is 0 Å². The Morgan fingerprint density at radius 1 is 1.14 bits per heavy atom. The van der Waals surface area contributed by atoms with Gasteiger partial charge in [0.25, 0.3) is 0 Å². The monoisotopic (exact) mass is 291 g/mol. The lowest BCUT2D eigenvalue weighted by atomic mass is 9.75. The summed E-state index contributed by atoms with van der Waals surface area (Å²) < 4.78 is 11.0. The van der Waals surface area contributed by atoms with Crippen LogP contribution in [0.3, 0.4) is 0 Å². The van der Waals surface area contributed by atoms with Crippen LogP contribution in [-0.2, 0) is 4.74 Å². The number of methoxy groups -OCH3 is 1. The fourth-order valence-electron chi connectivity index (χ4n) is 3.34. The van der Waals surface area contributed by atoms with E-state index in [9.17, 15) is 0 Å². The highest BCUT2D eigenvalue weighted by atomic mass is 16.5. The number of hydrogen-bond donors (Lipinski definition) is 1. The van der Waals surface area contributed by atoms with E-state index < -0.39 is 0 Å². The molecule has 21 heavy (non-hydrogen) atoms. The van der Waals surface area contributed by atoms with Crippen LogP contribution in [0.4, 0.5) is 0 Å². The van der Waals surface area contributed by atoms with Crippen molar-refractivity contribution in [1.82, 2.24) is 5.32 Å². The first-order valence-electron chi connectivity index (χ1n) is 8.28. The first kappa shape index (κ1) is 16.3. The van der Waals surface area contributed by atoms with Gasteiger partial charge in [-0.05, 0) is 49.4 Å². The van der Waals surface area contributed by atoms with E-state index in [0.29, 0.717) is 19.1 Å². The molecule has 0 aliphatic heterocycles. The molecule has 0 heterocycles. The van der Waals surface area contributed by atoms with E-state index in [1.807, 2.05) is 0 Å². The van der Waals surface area contributed by atoms with Gasteiger partial charge in [0.05, 0.1) is 6.61 Å². The van der Waals surface area contributed by atoms with Crippen LogP contribution in [0.1, 0.15) is 44.1 Å². The number of ether oxygens (including phenoxy) is 2. The molecule has 0 aromatic heterocycles. The molecule has 3 nitrogen and oxygen atoms in total. The molecular formula is C18H29NO2. The van der Waals surface area contributed by atoms with Gasteiger partial charge in [0.1, 0.15) is 12.4 Å². The Kier molecular flexibility index (Phi) is 7.04. The molecule has 1 aliphatic rings. The minimum Gasteiger partial charge on any atom is -0.491 e. The second-order valence-corrected chi connectivity index (χ2v) is 5.84. The van der Waals surface area contributed by atoms with Crippen molar-refractivity contribution in [3.8, 4) is 5.75 Å². The summed E-state index contributed by atoms with van der Waals surface area (Å²) in [6.45, 7) is 5.61. The van der Waals surface area contributed by atoms with Gasteiger partial charge in [-0.2, -0.15) is 0 Å². The predicted octanol–water partition coefficient (Wildman–Crippen LogP) is 3.60.